The number of hydrogen-bond acceptors (Lipinski definition) is 3. The van der Waals surface area contributed by atoms with Gasteiger partial charge in [0, 0.05) is 25.7 Å². The van der Waals surface area contributed by atoms with Gasteiger partial charge in [-0.15, -0.1) is 0 Å². The monoisotopic (exact) mass is 253 g/mol. The van der Waals surface area contributed by atoms with Crippen molar-refractivity contribution < 1.29 is 4.79 Å². The van der Waals surface area contributed by atoms with Gasteiger partial charge in [-0.05, 0) is 19.1 Å². The Bertz CT molecular complexity index is 436. The Hall–Kier alpha value is -1.26. The number of carbonyl (C=O) groups excluding carboxylic acids is 1. The van der Waals surface area contributed by atoms with Crippen molar-refractivity contribution in [2.75, 3.05) is 24.5 Å². The van der Waals surface area contributed by atoms with Crippen LogP contribution in [0.5, 0.6) is 0 Å². The van der Waals surface area contributed by atoms with Crippen LogP contribution in [0.15, 0.2) is 18.2 Å². The van der Waals surface area contributed by atoms with E-state index < -0.39 is 5.91 Å². The number of nitrogens with zero attached hydrogens (tertiary/aromatic N) is 1. The zero-order chi connectivity index (χ0) is 12.4. The highest BCUT2D eigenvalue weighted by Gasteiger charge is 2.21. The molecule has 92 valence electrons. The van der Waals surface area contributed by atoms with E-state index in [2.05, 4.69) is 17.1 Å². The van der Waals surface area contributed by atoms with E-state index in [-0.39, 0.29) is 0 Å². The van der Waals surface area contributed by atoms with Crippen LogP contribution in [-0.4, -0.2) is 31.6 Å². The number of anilines is 1. The van der Waals surface area contributed by atoms with Crippen LogP contribution in [0.3, 0.4) is 0 Å². The highest BCUT2D eigenvalue weighted by Crippen LogP contribution is 2.27. The third kappa shape index (κ3) is 2.53. The molecule has 1 heterocycles. The van der Waals surface area contributed by atoms with Crippen molar-refractivity contribution in [3.8, 4) is 0 Å². The van der Waals surface area contributed by atoms with Crippen molar-refractivity contribution in [2.24, 2.45) is 5.73 Å². The van der Waals surface area contributed by atoms with Crippen LogP contribution in [-0.2, 0) is 0 Å². The van der Waals surface area contributed by atoms with Gasteiger partial charge in [-0.3, -0.25) is 4.79 Å². The molecule has 0 bridgehead atoms. The highest BCUT2D eigenvalue weighted by atomic mass is 35.5. The lowest BCUT2D eigenvalue weighted by molar-refractivity contribution is 0.100. The lowest BCUT2D eigenvalue weighted by Gasteiger charge is -2.34. The number of benzene rings is 1. The number of primary amides is 1. The van der Waals surface area contributed by atoms with Gasteiger partial charge in [-0.2, -0.15) is 0 Å². The standard InChI is InChI=1S/C12H16ClN3O/c1-8-7-16(6-5-15-8)10-4-2-3-9(13)11(10)12(14)17/h2-4,8,15H,5-7H2,1H3,(H2,14,17)/t8-/m1/s1. The van der Waals surface area contributed by atoms with Crippen molar-refractivity contribution in [3.63, 3.8) is 0 Å². The zero-order valence-corrected chi connectivity index (χ0v) is 10.5. The average molecular weight is 254 g/mol. The van der Waals surface area contributed by atoms with E-state index in [0.717, 1.165) is 25.3 Å². The minimum absolute atomic E-state index is 0.392. The molecule has 1 atom stereocenters. The summed E-state index contributed by atoms with van der Waals surface area (Å²) < 4.78 is 0. The largest absolute Gasteiger partial charge is 0.368 e. The third-order valence-corrected chi connectivity index (χ3v) is 3.26. The van der Waals surface area contributed by atoms with Crippen molar-refractivity contribution in [1.29, 1.82) is 0 Å². The fourth-order valence-electron chi connectivity index (χ4n) is 2.17. The Morgan fingerprint density at radius 3 is 3.00 bits per heavy atom. The molecule has 17 heavy (non-hydrogen) atoms. The summed E-state index contributed by atoms with van der Waals surface area (Å²) in [5, 5.41) is 3.77. The molecule has 0 aliphatic carbocycles. The molecule has 1 amide bonds. The van der Waals surface area contributed by atoms with Crippen LogP contribution in [0.4, 0.5) is 5.69 Å². The van der Waals surface area contributed by atoms with Crippen molar-refractivity contribution in [3.05, 3.63) is 28.8 Å². The topological polar surface area (TPSA) is 58.4 Å². The van der Waals surface area contributed by atoms with Crippen molar-refractivity contribution in [2.45, 2.75) is 13.0 Å². The first-order valence-corrected chi connectivity index (χ1v) is 6.04. The molecule has 0 unspecified atom stereocenters. The maximum Gasteiger partial charge on any atom is 0.252 e. The van der Waals surface area contributed by atoms with E-state index in [1.54, 1.807) is 6.07 Å². The minimum atomic E-state index is -0.475. The molecule has 5 heteroatoms. The Morgan fingerprint density at radius 2 is 2.35 bits per heavy atom. The quantitative estimate of drug-likeness (QED) is 0.834. The lowest BCUT2D eigenvalue weighted by Crippen LogP contribution is -2.49. The van der Waals surface area contributed by atoms with Crippen LogP contribution in [0.1, 0.15) is 17.3 Å². The maximum absolute atomic E-state index is 11.5. The number of amides is 1. The Kier molecular flexibility index (Phi) is 3.54. The van der Waals surface area contributed by atoms with Crippen molar-refractivity contribution >= 4 is 23.2 Å². The summed E-state index contributed by atoms with van der Waals surface area (Å²) in [6.45, 7) is 4.71. The molecule has 0 radical (unpaired) electrons. The van der Waals surface area contributed by atoms with Gasteiger partial charge in [0.25, 0.3) is 5.91 Å². The molecule has 0 saturated carbocycles. The predicted octanol–water partition coefficient (Wildman–Crippen LogP) is 1.24. The molecule has 1 saturated heterocycles. The molecule has 1 aromatic carbocycles. The molecular formula is C12H16ClN3O. The van der Waals surface area contributed by atoms with E-state index >= 15 is 0 Å². The van der Waals surface area contributed by atoms with Gasteiger partial charge in [-0.1, -0.05) is 17.7 Å². The highest BCUT2D eigenvalue weighted by molar-refractivity contribution is 6.34. The summed E-state index contributed by atoms with van der Waals surface area (Å²) in [5.74, 6) is -0.475. The molecule has 1 fully saturated rings. The fourth-order valence-corrected chi connectivity index (χ4v) is 2.43. The first-order chi connectivity index (χ1) is 8.09. The molecule has 3 N–H and O–H groups in total. The third-order valence-electron chi connectivity index (χ3n) is 2.95. The van der Waals surface area contributed by atoms with Crippen LogP contribution in [0.2, 0.25) is 5.02 Å². The van der Waals surface area contributed by atoms with Gasteiger partial charge in [0.05, 0.1) is 16.3 Å². The Labute approximate surface area is 106 Å². The molecule has 1 aromatic rings. The summed E-state index contributed by atoms with van der Waals surface area (Å²) >= 11 is 6.04. The van der Waals surface area contributed by atoms with E-state index in [4.69, 9.17) is 17.3 Å². The zero-order valence-electron chi connectivity index (χ0n) is 9.74. The van der Waals surface area contributed by atoms with Crippen LogP contribution < -0.4 is 16.0 Å². The smallest absolute Gasteiger partial charge is 0.252 e. The van der Waals surface area contributed by atoms with Gasteiger partial charge in [0.1, 0.15) is 0 Å². The molecule has 1 aliphatic heterocycles. The number of rotatable bonds is 2. The van der Waals surface area contributed by atoms with Crippen LogP contribution in [0, 0.1) is 0 Å². The lowest BCUT2D eigenvalue weighted by atomic mass is 10.1. The van der Waals surface area contributed by atoms with E-state index in [0.29, 0.717) is 16.6 Å². The van der Waals surface area contributed by atoms with Gasteiger partial charge >= 0.3 is 0 Å². The number of piperazine rings is 1. The maximum atomic E-state index is 11.5. The number of halogens is 1. The molecule has 2 rings (SSSR count). The molecule has 4 nitrogen and oxygen atoms in total. The molecule has 0 aromatic heterocycles. The summed E-state index contributed by atoms with van der Waals surface area (Å²) in [7, 11) is 0. The van der Waals surface area contributed by atoms with Crippen LogP contribution in [0.25, 0.3) is 0 Å². The second-order valence-electron chi connectivity index (χ2n) is 4.30. The predicted molar refractivity (Wildman–Crippen MR) is 69.6 cm³/mol. The number of hydrogen-bond donors (Lipinski definition) is 2. The average Bonchev–Trinajstić information content (AvgIpc) is 2.28. The summed E-state index contributed by atoms with van der Waals surface area (Å²) in [6.07, 6.45) is 0. The van der Waals surface area contributed by atoms with E-state index in [1.807, 2.05) is 12.1 Å². The number of carbonyl (C=O) groups is 1. The van der Waals surface area contributed by atoms with Gasteiger partial charge in [0.15, 0.2) is 0 Å². The number of nitrogens with one attached hydrogen (secondary N) is 1. The SMILES string of the molecule is C[C@@H]1CN(c2cccc(Cl)c2C(N)=O)CCN1. The van der Waals surface area contributed by atoms with Gasteiger partial charge in [-0.25, -0.2) is 0 Å². The van der Waals surface area contributed by atoms with Gasteiger partial charge < -0.3 is 16.0 Å². The molecule has 1 aliphatic rings. The van der Waals surface area contributed by atoms with Gasteiger partial charge in [0.2, 0.25) is 0 Å². The Balaban J connectivity index is 2.37. The second-order valence-corrected chi connectivity index (χ2v) is 4.71. The van der Waals surface area contributed by atoms with E-state index in [9.17, 15) is 4.79 Å². The van der Waals surface area contributed by atoms with Crippen LogP contribution >= 0.6 is 11.6 Å². The first kappa shape index (κ1) is 12.2. The summed E-state index contributed by atoms with van der Waals surface area (Å²) in [5.41, 5.74) is 6.64. The number of nitrogens with two attached hydrogens (primary N) is 1. The normalized spacial score (nSPS) is 20.4. The Morgan fingerprint density at radius 1 is 1.59 bits per heavy atom. The summed E-state index contributed by atoms with van der Waals surface area (Å²) in [6, 6.07) is 5.82. The van der Waals surface area contributed by atoms with Crippen molar-refractivity contribution in [1.82, 2.24) is 5.32 Å². The summed E-state index contributed by atoms with van der Waals surface area (Å²) in [4.78, 5) is 13.6. The van der Waals surface area contributed by atoms with E-state index in [1.165, 1.54) is 0 Å². The first-order valence-electron chi connectivity index (χ1n) is 5.66. The minimum Gasteiger partial charge on any atom is -0.368 e. The molecule has 0 spiro atoms. The molecular weight excluding hydrogens is 238 g/mol. The fraction of sp³-hybridized carbons (Fsp3) is 0.417. The second kappa shape index (κ2) is 4.94.